The van der Waals surface area contributed by atoms with Gasteiger partial charge in [-0.05, 0) is 128 Å². The van der Waals surface area contributed by atoms with Crippen LogP contribution in [0.15, 0.2) is 199 Å². The summed E-state index contributed by atoms with van der Waals surface area (Å²) in [7, 11) is 0. The van der Waals surface area contributed by atoms with Crippen molar-refractivity contribution in [3.63, 3.8) is 0 Å². The van der Waals surface area contributed by atoms with Crippen LogP contribution in [-0.4, -0.2) is 0 Å². The van der Waals surface area contributed by atoms with Crippen LogP contribution in [0.3, 0.4) is 0 Å². The first kappa shape index (κ1) is 33.5. The van der Waals surface area contributed by atoms with E-state index in [4.69, 9.17) is 4.42 Å². The van der Waals surface area contributed by atoms with Gasteiger partial charge in [0.1, 0.15) is 11.2 Å². The highest BCUT2D eigenvalue weighted by Gasteiger charge is 2.37. The highest BCUT2D eigenvalue weighted by Crippen LogP contribution is 2.53. The Morgan fingerprint density at radius 1 is 0.333 bits per heavy atom. The molecule has 0 atom stereocenters. The lowest BCUT2D eigenvalue weighted by Crippen LogP contribution is -2.14. The van der Waals surface area contributed by atoms with Crippen LogP contribution < -0.4 is 0 Å². The van der Waals surface area contributed by atoms with E-state index in [2.05, 4.69) is 208 Å². The SMILES string of the molecule is CC1(C)c2ccccc2-c2c1ccc1c2oc2cc(-c3ccc4cc(-c5c6ccccc6c(-c6ccc7ccccc7c6)c6ccccc56)ccc4c3)c3ccccc3c21. The summed E-state index contributed by atoms with van der Waals surface area (Å²) in [4.78, 5) is 0. The Balaban J connectivity index is 0.974. The third-order valence-corrected chi connectivity index (χ3v) is 13.6. The monoisotopic (exact) mass is 762 g/mol. The molecule has 1 aromatic heterocycles. The summed E-state index contributed by atoms with van der Waals surface area (Å²) in [5, 5.41) is 14.8. The van der Waals surface area contributed by atoms with Crippen LogP contribution in [0.1, 0.15) is 25.0 Å². The fraction of sp³-hybridized carbons (Fsp3) is 0.0508. The number of furan rings is 1. The van der Waals surface area contributed by atoms with Gasteiger partial charge in [0.05, 0.1) is 0 Å². The fourth-order valence-corrected chi connectivity index (χ4v) is 10.8. The molecule has 1 nitrogen and oxygen atoms in total. The quantitative estimate of drug-likeness (QED) is 0.163. The Bertz CT molecular complexity index is 3750. The zero-order valence-corrected chi connectivity index (χ0v) is 33.4. The van der Waals surface area contributed by atoms with Gasteiger partial charge in [-0.15, -0.1) is 0 Å². The van der Waals surface area contributed by atoms with Gasteiger partial charge in [0, 0.05) is 21.8 Å². The van der Waals surface area contributed by atoms with Crippen molar-refractivity contribution in [2.75, 3.05) is 0 Å². The van der Waals surface area contributed by atoms with Crippen LogP contribution in [0.5, 0.6) is 0 Å². The van der Waals surface area contributed by atoms with Crippen LogP contribution in [0.4, 0.5) is 0 Å². The summed E-state index contributed by atoms with van der Waals surface area (Å²) in [5.41, 5.74) is 14.4. The Morgan fingerprint density at radius 3 is 1.50 bits per heavy atom. The molecule has 13 rings (SSSR count). The molecule has 1 heterocycles. The largest absolute Gasteiger partial charge is 0.455 e. The molecule has 11 aromatic carbocycles. The molecule has 0 N–H and O–H groups in total. The zero-order valence-electron chi connectivity index (χ0n) is 33.4. The van der Waals surface area contributed by atoms with E-state index in [1.54, 1.807) is 0 Å². The second-order valence-electron chi connectivity index (χ2n) is 17.2. The molecule has 0 fully saturated rings. The van der Waals surface area contributed by atoms with Crippen molar-refractivity contribution >= 4 is 75.8 Å². The van der Waals surface area contributed by atoms with E-state index >= 15 is 0 Å². The maximum Gasteiger partial charge on any atom is 0.143 e. The fourth-order valence-electron chi connectivity index (χ4n) is 10.8. The molecule has 0 aliphatic heterocycles. The molecule has 0 saturated heterocycles. The summed E-state index contributed by atoms with van der Waals surface area (Å²) in [5.74, 6) is 0. The van der Waals surface area contributed by atoms with Crippen molar-refractivity contribution in [3.05, 3.63) is 205 Å². The Morgan fingerprint density at radius 2 is 0.833 bits per heavy atom. The number of benzene rings is 11. The van der Waals surface area contributed by atoms with E-state index in [-0.39, 0.29) is 5.41 Å². The van der Waals surface area contributed by atoms with Gasteiger partial charge in [0.15, 0.2) is 0 Å². The summed E-state index contributed by atoms with van der Waals surface area (Å²) >= 11 is 0. The lowest BCUT2D eigenvalue weighted by atomic mass is 9.82. The highest BCUT2D eigenvalue weighted by molar-refractivity contribution is 6.25. The van der Waals surface area contributed by atoms with Crippen molar-refractivity contribution in [2.45, 2.75) is 19.3 Å². The van der Waals surface area contributed by atoms with Gasteiger partial charge in [-0.1, -0.05) is 184 Å². The molecule has 0 spiro atoms. The topological polar surface area (TPSA) is 13.1 Å². The molecule has 1 aliphatic carbocycles. The predicted octanol–water partition coefficient (Wildman–Crippen LogP) is 16.7. The summed E-state index contributed by atoms with van der Waals surface area (Å²) < 4.78 is 6.99. The van der Waals surface area contributed by atoms with Crippen molar-refractivity contribution < 1.29 is 4.42 Å². The minimum atomic E-state index is -0.0845. The highest BCUT2D eigenvalue weighted by atomic mass is 16.3. The molecular weight excluding hydrogens is 725 g/mol. The molecule has 12 aromatic rings. The standard InChI is InChI=1S/C59H38O/c1-59(2)51-22-12-11-21-48(51)57-52(59)30-29-49-56-43-16-6-5-15-42(43)50(34-53(56)60-58(49)57)39-26-24-38-33-41(28-25-37(38)31-39)55-46-19-9-7-17-44(46)54(45-18-8-10-20-47(45)55)40-27-23-35-13-3-4-14-36(35)32-40/h3-34H,1-2H3. The summed E-state index contributed by atoms with van der Waals surface area (Å²) in [6, 6.07) is 71.9. The maximum atomic E-state index is 6.99. The summed E-state index contributed by atoms with van der Waals surface area (Å²) in [6.45, 7) is 4.66. The molecule has 1 heteroatoms. The molecule has 1 aliphatic rings. The van der Waals surface area contributed by atoms with Gasteiger partial charge in [-0.3, -0.25) is 0 Å². The molecular formula is C59H38O. The number of hydrogen-bond donors (Lipinski definition) is 0. The molecule has 0 unspecified atom stereocenters. The minimum absolute atomic E-state index is 0.0845. The van der Waals surface area contributed by atoms with Gasteiger partial charge in [-0.25, -0.2) is 0 Å². The third kappa shape index (κ3) is 4.63. The molecule has 0 radical (unpaired) electrons. The van der Waals surface area contributed by atoms with Crippen LogP contribution >= 0.6 is 0 Å². The van der Waals surface area contributed by atoms with Crippen LogP contribution in [-0.2, 0) is 5.41 Å². The number of hydrogen-bond acceptors (Lipinski definition) is 1. The molecule has 60 heavy (non-hydrogen) atoms. The van der Waals surface area contributed by atoms with Crippen LogP contribution in [0.25, 0.3) is 120 Å². The van der Waals surface area contributed by atoms with Crippen molar-refractivity contribution in [1.82, 2.24) is 0 Å². The molecule has 0 bridgehead atoms. The van der Waals surface area contributed by atoms with E-state index in [1.165, 1.54) is 120 Å². The van der Waals surface area contributed by atoms with Crippen LogP contribution in [0, 0.1) is 0 Å². The first-order valence-corrected chi connectivity index (χ1v) is 21.0. The smallest absolute Gasteiger partial charge is 0.143 e. The first-order chi connectivity index (χ1) is 29.5. The number of fused-ring (bicyclic) bond motifs is 13. The number of rotatable bonds is 3. The first-order valence-electron chi connectivity index (χ1n) is 21.0. The van der Waals surface area contributed by atoms with Gasteiger partial charge >= 0.3 is 0 Å². The van der Waals surface area contributed by atoms with Crippen LogP contribution in [0.2, 0.25) is 0 Å². The van der Waals surface area contributed by atoms with Gasteiger partial charge in [0.25, 0.3) is 0 Å². The average Bonchev–Trinajstić information content (AvgIpc) is 3.79. The van der Waals surface area contributed by atoms with E-state index in [0.29, 0.717) is 0 Å². The van der Waals surface area contributed by atoms with Crippen molar-refractivity contribution in [2.24, 2.45) is 0 Å². The van der Waals surface area contributed by atoms with Crippen molar-refractivity contribution in [3.8, 4) is 44.5 Å². The van der Waals surface area contributed by atoms with E-state index in [0.717, 1.165) is 11.2 Å². The van der Waals surface area contributed by atoms with Gasteiger partial charge in [-0.2, -0.15) is 0 Å². The second-order valence-corrected chi connectivity index (χ2v) is 17.2. The average molecular weight is 763 g/mol. The second kappa shape index (κ2) is 12.3. The summed E-state index contributed by atoms with van der Waals surface area (Å²) in [6.07, 6.45) is 0. The minimum Gasteiger partial charge on any atom is -0.455 e. The van der Waals surface area contributed by atoms with Crippen molar-refractivity contribution in [1.29, 1.82) is 0 Å². The Kier molecular flexibility index (Phi) is 6.85. The Labute approximate surface area is 347 Å². The Hall–Kier alpha value is -7.48. The van der Waals surface area contributed by atoms with Gasteiger partial charge in [0.2, 0.25) is 0 Å². The molecule has 0 saturated carbocycles. The van der Waals surface area contributed by atoms with E-state index in [1.807, 2.05) is 0 Å². The normalized spacial score (nSPS) is 13.3. The lowest BCUT2D eigenvalue weighted by Gasteiger charge is -2.21. The van der Waals surface area contributed by atoms with E-state index in [9.17, 15) is 0 Å². The van der Waals surface area contributed by atoms with E-state index < -0.39 is 0 Å². The lowest BCUT2D eigenvalue weighted by molar-refractivity contribution is 0.653. The van der Waals surface area contributed by atoms with Gasteiger partial charge < -0.3 is 4.42 Å². The maximum absolute atomic E-state index is 6.99. The zero-order chi connectivity index (χ0) is 39.7. The molecule has 0 amide bonds. The third-order valence-electron chi connectivity index (χ3n) is 13.6. The predicted molar refractivity (Wildman–Crippen MR) is 255 cm³/mol. The molecule has 280 valence electrons.